The number of aromatic nitrogens is 1. The van der Waals surface area contributed by atoms with E-state index in [1.807, 2.05) is 37.3 Å². The predicted octanol–water partition coefficient (Wildman–Crippen LogP) is 5.19. The SMILES string of the molecule is Cc1ccc(Nc2ccccc2NS(=O)(=O)c2ccc(NC(=O)c3ccncc3)cc2)cc1. The second-order valence-corrected chi connectivity index (χ2v) is 9.04. The predicted molar refractivity (Wildman–Crippen MR) is 130 cm³/mol. The fourth-order valence-corrected chi connectivity index (χ4v) is 4.18. The lowest BCUT2D eigenvalue weighted by molar-refractivity contribution is 0.102. The van der Waals surface area contributed by atoms with E-state index in [2.05, 4.69) is 20.3 Å². The minimum Gasteiger partial charge on any atom is -0.354 e. The highest BCUT2D eigenvalue weighted by molar-refractivity contribution is 7.92. The number of hydrogen-bond donors (Lipinski definition) is 3. The molecule has 0 fully saturated rings. The van der Waals surface area contributed by atoms with Gasteiger partial charge in [-0.05, 0) is 67.6 Å². The van der Waals surface area contributed by atoms with Crippen LogP contribution in [-0.4, -0.2) is 19.3 Å². The fourth-order valence-electron chi connectivity index (χ4n) is 3.10. The molecule has 7 nitrogen and oxygen atoms in total. The first-order chi connectivity index (χ1) is 15.9. The van der Waals surface area contributed by atoms with Gasteiger partial charge in [0.05, 0.1) is 16.3 Å². The minimum atomic E-state index is -3.84. The number of amides is 1. The first-order valence-corrected chi connectivity index (χ1v) is 11.7. The van der Waals surface area contributed by atoms with E-state index >= 15 is 0 Å². The van der Waals surface area contributed by atoms with E-state index in [0.717, 1.165) is 11.3 Å². The Kier molecular flexibility index (Phi) is 6.37. The molecule has 1 aromatic heterocycles. The van der Waals surface area contributed by atoms with Crippen molar-refractivity contribution in [2.24, 2.45) is 0 Å². The van der Waals surface area contributed by atoms with Crippen LogP contribution in [0.3, 0.4) is 0 Å². The Labute approximate surface area is 192 Å². The van der Waals surface area contributed by atoms with E-state index in [1.54, 1.807) is 42.5 Å². The van der Waals surface area contributed by atoms with Gasteiger partial charge in [-0.25, -0.2) is 8.42 Å². The number of sulfonamides is 1. The molecular weight excluding hydrogens is 436 g/mol. The number of para-hydroxylation sites is 2. The van der Waals surface area contributed by atoms with Gasteiger partial charge in [0.2, 0.25) is 0 Å². The number of hydrogen-bond acceptors (Lipinski definition) is 5. The van der Waals surface area contributed by atoms with Gasteiger partial charge in [-0.15, -0.1) is 0 Å². The number of anilines is 4. The van der Waals surface area contributed by atoms with Crippen molar-refractivity contribution < 1.29 is 13.2 Å². The number of nitrogens with zero attached hydrogens (tertiary/aromatic N) is 1. The number of rotatable bonds is 7. The monoisotopic (exact) mass is 458 g/mol. The number of benzene rings is 3. The van der Waals surface area contributed by atoms with E-state index in [1.165, 1.54) is 24.5 Å². The largest absolute Gasteiger partial charge is 0.354 e. The molecule has 0 radical (unpaired) electrons. The Hall–Kier alpha value is -4.17. The highest BCUT2D eigenvalue weighted by Crippen LogP contribution is 2.28. The number of pyridine rings is 1. The number of nitrogens with one attached hydrogen (secondary N) is 3. The van der Waals surface area contributed by atoms with Crippen molar-refractivity contribution in [2.75, 3.05) is 15.4 Å². The molecule has 0 aliphatic rings. The molecule has 0 saturated heterocycles. The Balaban J connectivity index is 1.49. The summed E-state index contributed by atoms with van der Waals surface area (Å²) < 4.78 is 28.6. The standard InChI is InChI=1S/C25H22N4O3S/c1-18-6-8-20(9-7-18)27-23-4-2-3-5-24(23)29-33(31,32)22-12-10-21(11-13-22)28-25(30)19-14-16-26-17-15-19/h2-17,27,29H,1H3,(H,28,30). The fraction of sp³-hybridized carbons (Fsp3) is 0.0400. The summed E-state index contributed by atoms with van der Waals surface area (Å²) in [4.78, 5) is 16.2. The third kappa shape index (κ3) is 5.55. The van der Waals surface area contributed by atoms with Gasteiger partial charge in [0.25, 0.3) is 15.9 Å². The van der Waals surface area contributed by atoms with Crippen molar-refractivity contribution >= 4 is 38.7 Å². The molecule has 1 heterocycles. The molecule has 4 aromatic rings. The summed E-state index contributed by atoms with van der Waals surface area (Å²) in [5.41, 5.74) is 3.98. The van der Waals surface area contributed by atoms with Crippen LogP contribution in [0.4, 0.5) is 22.7 Å². The number of carbonyl (C=O) groups is 1. The van der Waals surface area contributed by atoms with Gasteiger partial charge in [-0.3, -0.25) is 14.5 Å². The summed E-state index contributed by atoms with van der Waals surface area (Å²) in [7, 11) is -3.84. The summed E-state index contributed by atoms with van der Waals surface area (Å²) in [5, 5.41) is 5.98. The molecule has 8 heteroatoms. The van der Waals surface area contributed by atoms with Crippen molar-refractivity contribution in [1.82, 2.24) is 4.98 Å². The summed E-state index contributed by atoms with van der Waals surface area (Å²) in [6.07, 6.45) is 3.06. The van der Waals surface area contributed by atoms with E-state index < -0.39 is 10.0 Å². The zero-order valence-corrected chi connectivity index (χ0v) is 18.6. The summed E-state index contributed by atoms with van der Waals surface area (Å²) >= 11 is 0. The molecule has 33 heavy (non-hydrogen) atoms. The molecule has 0 saturated carbocycles. The van der Waals surface area contributed by atoms with Crippen LogP contribution in [-0.2, 0) is 10.0 Å². The Bertz CT molecular complexity index is 1360. The molecule has 4 rings (SSSR count). The van der Waals surface area contributed by atoms with Crippen molar-refractivity contribution in [1.29, 1.82) is 0 Å². The van der Waals surface area contributed by atoms with Crippen LogP contribution in [0.5, 0.6) is 0 Å². The Morgan fingerprint density at radius 2 is 1.36 bits per heavy atom. The van der Waals surface area contributed by atoms with Gasteiger partial charge >= 0.3 is 0 Å². The van der Waals surface area contributed by atoms with Gasteiger partial charge in [0.1, 0.15) is 0 Å². The van der Waals surface area contributed by atoms with E-state index in [0.29, 0.717) is 22.6 Å². The quantitative estimate of drug-likeness (QED) is 0.354. The molecular formula is C25H22N4O3S. The van der Waals surface area contributed by atoms with Gasteiger partial charge < -0.3 is 10.6 Å². The van der Waals surface area contributed by atoms with Gasteiger partial charge in [0.15, 0.2) is 0 Å². The lowest BCUT2D eigenvalue weighted by Crippen LogP contribution is -2.15. The molecule has 1 amide bonds. The van der Waals surface area contributed by atoms with Crippen molar-refractivity contribution in [2.45, 2.75) is 11.8 Å². The summed E-state index contributed by atoms with van der Waals surface area (Å²) in [6.45, 7) is 2.00. The highest BCUT2D eigenvalue weighted by Gasteiger charge is 2.16. The second kappa shape index (κ2) is 9.54. The van der Waals surface area contributed by atoms with Crippen LogP contribution >= 0.6 is 0 Å². The molecule has 0 aliphatic heterocycles. The minimum absolute atomic E-state index is 0.0783. The maximum atomic E-state index is 13.0. The highest BCUT2D eigenvalue weighted by atomic mass is 32.2. The van der Waals surface area contributed by atoms with Crippen LogP contribution in [0.1, 0.15) is 15.9 Å². The maximum absolute atomic E-state index is 13.0. The molecule has 0 atom stereocenters. The second-order valence-electron chi connectivity index (χ2n) is 7.36. The lowest BCUT2D eigenvalue weighted by atomic mass is 10.2. The summed E-state index contributed by atoms with van der Waals surface area (Å²) in [5.74, 6) is -0.303. The lowest BCUT2D eigenvalue weighted by Gasteiger charge is -2.15. The Morgan fingerprint density at radius 3 is 2.03 bits per heavy atom. The molecule has 0 unspecified atom stereocenters. The number of aryl methyl sites for hydroxylation is 1. The van der Waals surface area contributed by atoms with Gasteiger partial charge in [-0.2, -0.15) is 0 Å². The smallest absolute Gasteiger partial charge is 0.261 e. The zero-order valence-electron chi connectivity index (χ0n) is 17.8. The topological polar surface area (TPSA) is 100 Å². The van der Waals surface area contributed by atoms with Crippen molar-refractivity contribution in [3.05, 3.63) is 108 Å². The van der Waals surface area contributed by atoms with Gasteiger partial charge in [0, 0.05) is 29.3 Å². The van der Waals surface area contributed by atoms with Crippen molar-refractivity contribution in [3.63, 3.8) is 0 Å². The average Bonchev–Trinajstić information content (AvgIpc) is 2.82. The van der Waals surface area contributed by atoms with Crippen molar-refractivity contribution in [3.8, 4) is 0 Å². The summed E-state index contributed by atoms with van der Waals surface area (Å²) in [6, 6.07) is 24.1. The van der Waals surface area contributed by atoms with Crippen LogP contribution in [0.15, 0.2) is 102 Å². The number of carbonyl (C=O) groups excluding carboxylic acids is 1. The molecule has 3 N–H and O–H groups in total. The van der Waals surface area contributed by atoms with E-state index in [-0.39, 0.29) is 10.8 Å². The zero-order chi connectivity index (χ0) is 23.3. The van der Waals surface area contributed by atoms with Crippen LogP contribution in [0.2, 0.25) is 0 Å². The molecule has 0 aliphatic carbocycles. The van der Waals surface area contributed by atoms with E-state index in [4.69, 9.17) is 0 Å². The van der Waals surface area contributed by atoms with Crippen LogP contribution in [0.25, 0.3) is 0 Å². The first-order valence-electron chi connectivity index (χ1n) is 10.2. The molecule has 0 spiro atoms. The van der Waals surface area contributed by atoms with Crippen LogP contribution in [0, 0.1) is 6.92 Å². The third-order valence-electron chi connectivity index (χ3n) is 4.87. The normalized spacial score (nSPS) is 10.9. The first kappa shape index (κ1) is 22.0. The average molecular weight is 459 g/mol. The molecule has 166 valence electrons. The van der Waals surface area contributed by atoms with E-state index in [9.17, 15) is 13.2 Å². The van der Waals surface area contributed by atoms with Crippen LogP contribution < -0.4 is 15.4 Å². The molecule has 3 aromatic carbocycles. The molecule has 0 bridgehead atoms. The maximum Gasteiger partial charge on any atom is 0.261 e. The van der Waals surface area contributed by atoms with Gasteiger partial charge in [-0.1, -0.05) is 29.8 Å². The third-order valence-corrected chi connectivity index (χ3v) is 6.25. The Morgan fingerprint density at radius 1 is 0.758 bits per heavy atom.